The van der Waals surface area contributed by atoms with Crippen LogP contribution in [0.15, 0.2) is 11.1 Å². The van der Waals surface area contributed by atoms with Crippen LogP contribution in [0.5, 0.6) is 0 Å². The molecule has 0 spiro atoms. The maximum absolute atomic E-state index is 11.6. The number of hydrogen-bond acceptors (Lipinski definition) is 0. The van der Waals surface area contributed by atoms with Crippen molar-refractivity contribution in [1.29, 1.82) is 0 Å². The molecule has 0 nitrogen and oxygen atoms in total. The van der Waals surface area contributed by atoms with Crippen LogP contribution in [0, 0.1) is 0 Å². The quantitative estimate of drug-likeness (QED) is 0.466. The average molecular weight is 120 g/mol. The van der Waals surface area contributed by atoms with E-state index in [9.17, 15) is 8.78 Å². The normalized spacial score (nSPS) is 9.75. The Kier molecular flexibility index (Phi) is 2.66. The van der Waals surface area contributed by atoms with Crippen LogP contribution >= 0.6 is 0 Å². The molecule has 0 saturated carbocycles. The summed E-state index contributed by atoms with van der Waals surface area (Å²) in [6.07, 6.45) is -2.28. The van der Waals surface area contributed by atoms with Gasteiger partial charge in [-0.2, -0.15) is 0 Å². The van der Waals surface area contributed by atoms with Crippen molar-refractivity contribution >= 4 is 0 Å². The lowest BCUT2D eigenvalue weighted by Gasteiger charge is -1.98. The molecule has 0 aliphatic heterocycles. The van der Waals surface area contributed by atoms with Gasteiger partial charge in [0.05, 0.1) is 0 Å². The first-order valence-electron chi connectivity index (χ1n) is 2.48. The van der Waals surface area contributed by atoms with Crippen LogP contribution in [0.4, 0.5) is 8.78 Å². The highest BCUT2D eigenvalue weighted by molar-refractivity contribution is 5.08. The minimum Gasteiger partial charge on any atom is -0.205 e. The zero-order valence-electron chi connectivity index (χ0n) is 5.33. The van der Waals surface area contributed by atoms with Gasteiger partial charge in [0.1, 0.15) is 0 Å². The zero-order chi connectivity index (χ0) is 6.73. The molecule has 0 N–H and O–H groups in total. The predicted molar refractivity (Wildman–Crippen MR) is 30.1 cm³/mol. The van der Waals surface area contributed by atoms with Crippen molar-refractivity contribution in [1.82, 2.24) is 0 Å². The molecule has 0 aliphatic rings. The van der Waals surface area contributed by atoms with Crippen LogP contribution in [0.3, 0.4) is 0 Å². The monoisotopic (exact) mass is 120 g/mol. The Hall–Kier alpha value is -0.400. The van der Waals surface area contributed by atoms with E-state index in [0.29, 0.717) is 5.57 Å². The Morgan fingerprint density at radius 1 is 1.12 bits per heavy atom. The fourth-order valence-corrected chi connectivity index (χ4v) is 0.218. The van der Waals surface area contributed by atoms with Gasteiger partial charge in [-0.1, -0.05) is 5.57 Å². The molecule has 0 bridgehead atoms. The fraction of sp³-hybridized carbons (Fsp3) is 0.667. The van der Waals surface area contributed by atoms with Crippen molar-refractivity contribution in [2.24, 2.45) is 0 Å². The largest absolute Gasteiger partial charge is 0.259 e. The van der Waals surface area contributed by atoms with Crippen LogP contribution in [-0.2, 0) is 0 Å². The second kappa shape index (κ2) is 2.80. The molecule has 0 aromatic carbocycles. The predicted octanol–water partition coefficient (Wildman–Crippen LogP) is 2.61. The van der Waals surface area contributed by atoms with Crippen molar-refractivity contribution in [3.8, 4) is 0 Å². The Labute approximate surface area is 48.2 Å². The first-order valence-corrected chi connectivity index (χ1v) is 2.48. The molecule has 0 heterocycles. The summed E-state index contributed by atoms with van der Waals surface area (Å²) in [7, 11) is 0. The van der Waals surface area contributed by atoms with Crippen LogP contribution in [0.2, 0.25) is 0 Å². The van der Waals surface area contributed by atoms with Crippen molar-refractivity contribution in [2.75, 3.05) is 0 Å². The standard InChI is InChI=1S/C6H10F2/c1-4(2)5(3)6(7)8/h6H,1-3H3. The average Bonchev–Trinajstić information content (AvgIpc) is 1.64. The molecule has 8 heavy (non-hydrogen) atoms. The Morgan fingerprint density at radius 3 is 1.50 bits per heavy atom. The van der Waals surface area contributed by atoms with Crippen LogP contribution in [-0.4, -0.2) is 6.43 Å². The molecule has 0 aromatic heterocycles. The van der Waals surface area contributed by atoms with E-state index in [1.807, 2.05) is 0 Å². The number of alkyl halides is 2. The molecule has 0 atom stereocenters. The van der Waals surface area contributed by atoms with E-state index in [-0.39, 0.29) is 5.57 Å². The summed E-state index contributed by atoms with van der Waals surface area (Å²) in [5.41, 5.74) is 0.894. The van der Waals surface area contributed by atoms with Gasteiger partial charge in [-0.3, -0.25) is 0 Å². The molecule has 0 amide bonds. The van der Waals surface area contributed by atoms with Crippen LogP contribution in [0.1, 0.15) is 20.8 Å². The second-order valence-corrected chi connectivity index (χ2v) is 1.98. The molecular formula is C6H10F2. The molecule has 0 rings (SSSR count). The van der Waals surface area contributed by atoms with Crippen molar-refractivity contribution < 1.29 is 8.78 Å². The summed E-state index contributed by atoms with van der Waals surface area (Å²) in [5, 5.41) is 0. The van der Waals surface area contributed by atoms with E-state index in [0.717, 1.165) is 0 Å². The van der Waals surface area contributed by atoms with E-state index >= 15 is 0 Å². The van der Waals surface area contributed by atoms with Gasteiger partial charge in [0.25, 0.3) is 6.43 Å². The minimum absolute atomic E-state index is 0.185. The van der Waals surface area contributed by atoms with Crippen LogP contribution in [0.25, 0.3) is 0 Å². The third kappa shape index (κ3) is 2.05. The molecular weight excluding hydrogens is 110 g/mol. The maximum atomic E-state index is 11.6. The highest BCUT2D eigenvalue weighted by Gasteiger charge is 2.04. The highest BCUT2D eigenvalue weighted by Crippen LogP contribution is 2.11. The van der Waals surface area contributed by atoms with Gasteiger partial charge in [-0.15, -0.1) is 0 Å². The first-order chi connectivity index (χ1) is 3.55. The highest BCUT2D eigenvalue weighted by atomic mass is 19.3. The SMILES string of the molecule is CC(C)=C(C)C(F)F. The van der Waals surface area contributed by atoms with E-state index in [4.69, 9.17) is 0 Å². The molecule has 48 valence electrons. The Morgan fingerprint density at radius 2 is 1.50 bits per heavy atom. The van der Waals surface area contributed by atoms with E-state index in [2.05, 4.69) is 0 Å². The molecule has 0 unspecified atom stereocenters. The summed E-state index contributed by atoms with van der Waals surface area (Å²) >= 11 is 0. The topological polar surface area (TPSA) is 0 Å². The molecule has 0 saturated heterocycles. The fourth-order valence-electron chi connectivity index (χ4n) is 0.218. The summed E-state index contributed by atoms with van der Waals surface area (Å²) in [5.74, 6) is 0. The van der Waals surface area contributed by atoms with Gasteiger partial charge < -0.3 is 0 Å². The van der Waals surface area contributed by atoms with Gasteiger partial charge in [0, 0.05) is 0 Å². The Bertz CT molecular complexity index is 99.1. The lowest BCUT2D eigenvalue weighted by Crippen LogP contribution is -1.93. The molecule has 0 radical (unpaired) electrons. The summed E-state index contributed by atoms with van der Waals surface area (Å²) in [6.45, 7) is 4.81. The molecule has 0 aliphatic carbocycles. The van der Waals surface area contributed by atoms with Crippen molar-refractivity contribution in [3.05, 3.63) is 11.1 Å². The molecule has 0 fully saturated rings. The van der Waals surface area contributed by atoms with Gasteiger partial charge in [-0.05, 0) is 26.3 Å². The lowest BCUT2D eigenvalue weighted by molar-refractivity contribution is 0.188. The minimum atomic E-state index is -2.28. The molecule has 2 heteroatoms. The van der Waals surface area contributed by atoms with Crippen LogP contribution < -0.4 is 0 Å². The van der Waals surface area contributed by atoms with Gasteiger partial charge >= 0.3 is 0 Å². The summed E-state index contributed by atoms with van der Waals surface area (Å²) in [4.78, 5) is 0. The van der Waals surface area contributed by atoms with E-state index in [1.165, 1.54) is 6.92 Å². The van der Waals surface area contributed by atoms with E-state index in [1.54, 1.807) is 13.8 Å². The first kappa shape index (κ1) is 7.60. The summed E-state index contributed by atoms with van der Waals surface area (Å²) < 4.78 is 23.2. The third-order valence-electron chi connectivity index (χ3n) is 1.12. The lowest BCUT2D eigenvalue weighted by atomic mass is 10.2. The number of halogens is 2. The number of rotatable bonds is 1. The van der Waals surface area contributed by atoms with E-state index < -0.39 is 6.43 Å². The smallest absolute Gasteiger partial charge is 0.205 e. The number of hydrogen-bond donors (Lipinski definition) is 0. The zero-order valence-corrected chi connectivity index (χ0v) is 5.33. The Balaban J connectivity index is 4.00. The number of allylic oxidation sites excluding steroid dienone is 2. The third-order valence-corrected chi connectivity index (χ3v) is 1.12. The van der Waals surface area contributed by atoms with Gasteiger partial charge in [0.15, 0.2) is 0 Å². The maximum Gasteiger partial charge on any atom is 0.259 e. The van der Waals surface area contributed by atoms with Crippen molar-refractivity contribution in [3.63, 3.8) is 0 Å². The van der Waals surface area contributed by atoms with Crippen molar-refractivity contribution in [2.45, 2.75) is 27.2 Å². The van der Waals surface area contributed by atoms with Gasteiger partial charge in [0.2, 0.25) is 0 Å². The second-order valence-electron chi connectivity index (χ2n) is 1.98. The van der Waals surface area contributed by atoms with Gasteiger partial charge in [-0.25, -0.2) is 8.78 Å². The summed E-state index contributed by atoms with van der Waals surface area (Å²) in [6, 6.07) is 0. The molecule has 0 aromatic rings.